The summed E-state index contributed by atoms with van der Waals surface area (Å²) >= 11 is 0. The van der Waals surface area contributed by atoms with Gasteiger partial charge in [-0.15, -0.1) is 11.8 Å². The standard InChI is InChI=1S/C25H36O2Si/c1-21(2)28(22(3)4,23(5)6)27-19-15-11-9-7-8-10-12-16-24-17-13-14-18-25(24)20-26/h13-14,17-18,20-23H,7-8,10,15,19H2,1-6H3. The monoisotopic (exact) mass is 396 g/mol. The van der Waals surface area contributed by atoms with Crippen LogP contribution in [0, 0.1) is 23.7 Å². The number of aldehydes is 1. The zero-order valence-corrected chi connectivity index (χ0v) is 19.5. The number of benzene rings is 1. The van der Waals surface area contributed by atoms with E-state index in [1.165, 1.54) is 0 Å². The van der Waals surface area contributed by atoms with E-state index in [1.54, 1.807) is 6.07 Å². The fourth-order valence-electron chi connectivity index (χ4n) is 4.09. The summed E-state index contributed by atoms with van der Waals surface area (Å²) in [5.41, 5.74) is 3.29. The SMILES string of the molecule is CC(C)[Si](OCCC#CCCCC#Cc1ccccc1C=O)(C(C)C)C(C)C. The first-order chi connectivity index (χ1) is 13.4. The molecule has 0 aromatic heterocycles. The molecule has 3 heteroatoms. The van der Waals surface area contributed by atoms with Crippen molar-refractivity contribution in [3.63, 3.8) is 0 Å². The number of hydrogen-bond donors (Lipinski definition) is 0. The quantitative estimate of drug-likeness (QED) is 0.203. The summed E-state index contributed by atoms with van der Waals surface area (Å²) in [4.78, 5) is 11.0. The van der Waals surface area contributed by atoms with E-state index in [2.05, 4.69) is 65.2 Å². The summed E-state index contributed by atoms with van der Waals surface area (Å²) in [6, 6.07) is 7.43. The minimum Gasteiger partial charge on any atom is -0.415 e. The van der Waals surface area contributed by atoms with Crippen LogP contribution in [0.15, 0.2) is 24.3 Å². The Morgan fingerprint density at radius 2 is 1.46 bits per heavy atom. The topological polar surface area (TPSA) is 26.3 Å². The van der Waals surface area contributed by atoms with E-state index >= 15 is 0 Å². The van der Waals surface area contributed by atoms with Crippen LogP contribution in [0.1, 0.15) is 83.1 Å². The largest absolute Gasteiger partial charge is 0.415 e. The second-order valence-corrected chi connectivity index (χ2v) is 13.6. The highest BCUT2D eigenvalue weighted by Gasteiger charge is 2.44. The van der Waals surface area contributed by atoms with Gasteiger partial charge in [-0.25, -0.2) is 0 Å². The van der Waals surface area contributed by atoms with Gasteiger partial charge in [0, 0.05) is 37.0 Å². The third-order valence-corrected chi connectivity index (χ3v) is 11.4. The number of unbranched alkanes of at least 4 members (excludes halogenated alkanes) is 2. The zero-order valence-electron chi connectivity index (χ0n) is 18.5. The van der Waals surface area contributed by atoms with E-state index in [1.807, 2.05) is 18.2 Å². The number of carbonyl (C=O) groups is 1. The first-order valence-corrected chi connectivity index (χ1v) is 12.6. The molecule has 1 aromatic rings. The van der Waals surface area contributed by atoms with Crippen LogP contribution in [-0.4, -0.2) is 21.2 Å². The van der Waals surface area contributed by atoms with E-state index in [0.29, 0.717) is 22.2 Å². The van der Waals surface area contributed by atoms with Crippen LogP contribution >= 0.6 is 0 Å². The van der Waals surface area contributed by atoms with Crippen LogP contribution in [0.2, 0.25) is 16.6 Å². The van der Waals surface area contributed by atoms with Crippen molar-refractivity contribution in [1.29, 1.82) is 0 Å². The van der Waals surface area contributed by atoms with Crippen molar-refractivity contribution in [3.8, 4) is 23.7 Å². The minimum atomic E-state index is -1.76. The number of rotatable bonds is 9. The predicted octanol–water partition coefficient (Wildman–Crippen LogP) is 6.61. The molecule has 0 saturated heterocycles. The molecule has 0 unspecified atom stereocenters. The predicted molar refractivity (Wildman–Crippen MR) is 122 cm³/mol. The molecule has 0 aliphatic carbocycles. The lowest BCUT2D eigenvalue weighted by Gasteiger charge is -2.42. The van der Waals surface area contributed by atoms with Gasteiger partial charge in [-0.05, 0) is 29.1 Å². The fraction of sp³-hybridized carbons (Fsp3) is 0.560. The Kier molecular flexibility index (Phi) is 10.9. The summed E-state index contributed by atoms with van der Waals surface area (Å²) in [6.45, 7) is 14.6. The van der Waals surface area contributed by atoms with Gasteiger partial charge in [0.2, 0.25) is 0 Å². The first kappa shape index (κ1) is 24.2. The van der Waals surface area contributed by atoms with Crippen LogP contribution in [0.3, 0.4) is 0 Å². The molecule has 0 heterocycles. The van der Waals surface area contributed by atoms with Crippen molar-refractivity contribution < 1.29 is 9.22 Å². The van der Waals surface area contributed by atoms with Crippen LogP contribution in [0.25, 0.3) is 0 Å². The molecule has 2 nitrogen and oxygen atoms in total. The van der Waals surface area contributed by atoms with Gasteiger partial charge in [0.15, 0.2) is 14.6 Å². The normalized spacial score (nSPS) is 11.2. The molecule has 0 saturated carbocycles. The molecular weight excluding hydrogens is 360 g/mol. The minimum absolute atomic E-state index is 0.614. The van der Waals surface area contributed by atoms with Crippen molar-refractivity contribution in [2.45, 2.75) is 83.8 Å². The van der Waals surface area contributed by atoms with Crippen molar-refractivity contribution in [2.75, 3.05) is 6.61 Å². The molecule has 0 fully saturated rings. The molecule has 0 atom stereocenters. The maximum atomic E-state index is 11.0. The molecular formula is C25H36O2Si. The molecule has 1 rings (SSSR count). The van der Waals surface area contributed by atoms with Crippen LogP contribution in [0.4, 0.5) is 0 Å². The summed E-state index contributed by atoms with van der Waals surface area (Å²) in [5.74, 6) is 12.7. The Hall–Kier alpha value is -1.81. The Bertz CT molecular complexity index is 704. The lowest BCUT2D eigenvalue weighted by Crippen LogP contribution is -2.47. The molecule has 1 aromatic carbocycles. The van der Waals surface area contributed by atoms with Crippen molar-refractivity contribution in [3.05, 3.63) is 35.4 Å². The van der Waals surface area contributed by atoms with E-state index in [4.69, 9.17) is 4.43 Å². The maximum absolute atomic E-state index is 11.0. The number of carbonyl (C=O) groups excluding carboxylic acids is 1. The molecule has 0 spiro atoms. The fourth-order valence-corrected chi connectivity index (χ4v) is 9.55. The Morgan fingerprint density at radius 3 is 2.07 bits per heavy atom. The van der Waals surface area contributed by atoms with E-state index < -0.39 is 8.32 Å². The summed E-state index contributed by atoms with van der Waals surface area (Å²) < 4.78 is 6.52. The lowest BCUT2D eigenvalue weighted by atomic mass is 10.1. The third-order valence-electron chi connectivity index (χ3n) is 5.33. The highest BCUT2D eigenvalue weighted by Crippen LogP contribution is 2.42. The average molecular weight is 397 g/mol. The highest BCUT2D eigenvalue weighted by atomic mass is 28.4. The van der Waals surface area contributed by atoms with Crippen LogP contribution < -0.4 is 0 Å². The second kappa shape index (κ2) is 12.6. The van der Waals surface area contributed by atoms with Gasteiger partial charge in [-0.1, -0.05) is 71.6 Å². The van der Waals surface area contributed by atoms with Gasteiger partial charge in [0.1, 0.15) is 0 Å². The van der Waals surface area contributed by atoms with Crippen molar-refractivity contribution in [1.82, 2.24) is 0 Å². The highest BCUT2D eigenvalue weighted by molar-refractivity contribution is 6.77. The lowest BCUT2D eigenvalue weighted by molar-refractivity contribution is 0.112. The molecule has 0 N–H and O–H groups in total. The molecule has 0 amide bonds. The molecule has 152 valence electrons. The zero-order chi connectivity index (χ0) is 21.0. The number of hydrogen-bond acceptors (Lipinski definition) is 2. The van der Waals surface area contributed by atoms with E-state index in [0.717, 1.165) is 44.1 Å². The van der Waals surface area contributed by atoms with Crippen LogP contribution in [0.5, 0.6) is 0 Å². The van der Waals surface area contributed by atoms with Crippen molar-refractivity contribution in [2.24, 2.45) is 0 Å². The Morgan fingerprint density at radius 1 is 0.893 bits per heavy atom. The van der Waals surface area contributed by atoms with E-state index in [-0.39, 0.29) is 0 Å². The summed E-state index contributed by atoms with van der Waals surface area (Å²) in [6.07, 6.45) is 4.26. The first-order valence-electron chi connectivity index (χ1n) is 10.5. The van der Waals surface area contributed by atoms with Gasteiger partial charge in [-0.2, -0.15) is 0 Å². The summed E-state index contributed by atoms with van der Waals surface area (Å²) in [5, 5.41) is 0. The average Bonchev–Trinajstić information content (AvgIpc) is 2.65. The van der Waals surface area contributed by atoms with Gasteiger partial charge in [-0.3, -0.25) is 4.79 Å². The molecule has 0 bridgehead atoms. The maximum Gasteiger partial charge on any atom is 0.200 e. The van der Waals surface area contributed by atoms with Crippen molar-refractivity contribution >= 4 is 14.6 Å². The smallest absolute Gasteiger partial charge is 0.200 e. The molecule has 0 radical (unpaired) electrons. The Balaban J connectivity index is 2.38. The third kappa shape index (κ3) is 6.97. The van der Waals surface area contributed by atoms with Gasteiger partial charge >= 0.3 is 0 Å². The molecule has 0 aliphatic heterocycles. The second-order valence-electron chi connectivity index (χ2n) is 8.13. The Labute approximate surface area is 173 Å². The van der Waals surface area contributed by atoms with Gasteiger partial charge in [0.25, 0.3) is 0 Å². The van der Waals surface area contributed by atoms with Gasteiger partial charge < -0.3 is 4.43 Å². The van der Waals surface area contributed by atoms with E-state index in [9.17, 15) is 4.79 Å². The van der Waals surface area contributed by atoms with Crippen LogP contribution in [-0.2, 0) is 4.43 Å². The van der Waals surface area contributed by atoms with Gasteiger partial charge in [0.05, 0.1) is 0 Å². The molecule has 28 heavy (non-hydrogen) atoms. The molecule has 0 aliphatic rings. The summed E-state index contributed by atoms with van der Waals surface area (Å²) in [7, 11) is -1.76.